The molecule has 0 saturated carbocycles. The van der Waals surface area contributed by atoms with Crippen molar-refractivity contribution < 1.29 is 22.6 Å². The van der Waals surface area contributed by atoms with E-state index in [9.17, 15) is 13.2 Å². The molecule has 0 radical (unpaired) electrons. The van der Waals surface area contributed by atoms with Crippen molar-refractivity contribution in [3.05, 3.63) is 28.8 Å². The molecule has 0 amide bonds. The SMILES string of the molecule is FC(F)(F)OCCOc1ccc(CBr)cc1Cl. The number of hydrogen-bond acceptors (Lipinski definition) is 2. The van der Waals surface area contributed by atoms with Crippen molar-refractivity contribution in [3.8, 4) is 5.75 Å². The van der Waals surface area contributed by atoms with Crippen LogP contribution < -0.4 is 4.74 Å². The van der Waals surface area contributed by atoms with Gasteiger partial charge in [0.25, 0.3) is 0 Å². The van der Waals surface area contributed by atoms with Gasteiger partial charge in [-0.2, -0.15) is 0 Å². The van der Waals surface area contributed by atoms with Crippen molar-refractivity contribution in [2.75, 3.05) is 13.2 Å². The van der Waals surface area contributed by atoms with Gasteiger partial charge in [0, 0.05) is 5.33 Å². The quantitative estimate of drug-likeness (QED) is 0.595. The zero-order valence-electron chi connectivity index (χ0n) is 8.56. The van der Waals surface area contributed by atoms with Gasteiger partial charge in [0.05, 0.1) is 11.6 Å². The van der Waals surface area contributed by atoms with E-state index in [-0.39, 0.29) is 6.61 Å². The van der Waals surface area contributed by atoms with Crippen molar-refractivity contribution >= 4 is 27.5 Å². The zero-order chi connectivity index (χ0) is 12.9. The van der Waals surface area contributed by atoms with Crippen LogP contribution in [-0.2, 0) is 10.1 Å². The van der Waals surface area contributed by atoms with E-state index in [4.69, 9.17) is 16.3 Å². The average Bonchev–Trinajstić information content (AvgIpc) is 2.24. The lowest BCUT2D eigenvalue weighted by atomic mass is 10.2. The fourth-order valence-corrected chi connectivity index (χ4v) is 1.66. The Hall–Kier alpha value is -0.460. The van der Waals surface area contributed by atoms with Crippen LogP contribution in [0.1, 0.15) is 5.56 Å². The van der Waals surface area contributed by atoms with Crippen LogP contribution >= 0.6 is 27.5 Å². The van der Waals surface area contributed by atoms with Crippen molar-refractivity contribution in [2.24, 2.45) is 0 Å². The summed E-state index contributed by atoms with van der Waals surface area (Å²) in [6.07, 6.45) is -4.63. The van der Waals surface area contributed by atoms with E-state index in [0.717, 1.165) is 5.56 Å². The molecular weight excluding hydrogens is 324 g/mol. The van der Waals surface area contributed by atoms with Gasteiger partial charge in [-0.25, -0.2) is 0 Å². The van der Waals surface area contributed by atoms with Crippen LogP contribution in [0.15, 0.2) is 18.2 Å². The topological polar surface area (TPSA) is 18.5 Å². The highest BCUT2D eigenvalue weighted by molar-refractivity contribution is 9.08. The third-order valence-electron chi connectivity index (χ3n) is 1.76. The highest BCUT2D eigenvalue weighted by Crippen LogP contribution is 2.26. The molecule has 1 rings (SSSR count). The molecule has 0 aliphatic rings. The minimum absolute atomic E-state index is 0.215. The molecule has 0 aliphatic carbocycles. The Morgan fingerprint density at radius 1 is 1.24 bits per heavy atom. The maximum atomic E-state index is 11.7. The van der Waals surface area contributed by atoms with Crippen molar-refractivity contribution in [2.45, 2.75) is 11.7 Å². The van der Waals surface area contributed by atoms with Gasteiger partial charge in [0.1, 0.15) is 12.4 Å². The fraction of sp³-hybridized carbons (Fsp3) is 0.400. The van der Waals surface area contributed by atoms with Crippen molar-refractivity contribution in [1.29, 1.82) is 0 Å². The van der Waals surface area contributed by atoms with E-state index in [1.807, 2.05) is 0 Å². The van der Waals surface area contributed by atoms with E-state index in [1.165, 1.54) is 0 Å². The van der Waals surface area contributed by atoms with Crippen LogP contribution in [-0.4, -0.2) is 19.6 Å². The molecule has 2 nitrogen and oxygen atoms in total. The summed E-state index contributed by atoms with van der Waals surface area (Å²) in [5.74, 6) is 0.335. The first kappa shape index (κ1) is 14.6. The third kappa shape index (κ3) is 5.61. The summed E-state index contributed by atoms with van der Waals surface area (Å²) in [6, 6.07) is 5.04. The molecule has 0 N–H and O–H groups in total. The van der Waals surface area contributed by atoms with Crippen LogP contribution in [0, 0.1) is 0 Å². The molecule has 0 heterocycles. The van der Waals surface area contributed by atoms with Gasteiger partial charge in [-0.05, 0) is 17.7 Å². The number of alkyl halides is 4. The monoisotopic (exact) mass is 332 g/mol. The summed E-state index contributed by atoms with van der Waals surface area (Å²) in [7, 11) is 0. The van der Waals surface area contributed by atoms with Crippen LogP contribution in [0.5, 0.6) is 5.75 Å². The molecule has 0 aliphatic heterocycles. The Bertz CT molecular complexity index is 371. The molecule has 0 bridgehead atoms. The molecule has 0 saturated heterocycles. The van der Waals surface area contributed by atoms with Crippen LogP contribution in [0.25, 0.3) is 0 Å². The lowest BCUT2D eigenvalue weighted by molar-refractivity contribution is -0.325. The van der Waals surface area contributed by atoms with Gasteiger partial charge < -0.3 is 4.74 Å². The van der Waals surface area contributed by atoms with Crippen molar-refractivity contribution in [3.63, 3.8) is 0 Å². The number of hydrogen-bond donors (Lipinski definition) is 0. The second-order valence-corrected chi connectivity index (χ2v) is 4.01. The Labute approximate surface area is 110 Å². The van der Waals surface area contributed by atoms with Gasteiger partial charge in [-0.1, -0.05) is 33.6 Å². The molecule has 96 valence electrons. The number of rotatable bonds is 5. The average molecular weight is 334 g/mol. The molecule has 7 heteroatoms. The Morgan fingerprint density at radius 2 is 1.94 bits per heavy atom. The van der Waals surface area contributed by atoms with E-state index < -0.39 is 13.0 Å². The molecule has 0 aromatic heterocycles. The first-order valence-electron chi connectivity index (χ1n) is 4.60. The van der Waals surface area contributed by atoms with Crippen LogP contribution in [0.2, 0.25) is 5.02 Å². The lowest BCUT2D eigenvalue weighted by Gasteiger charge is -2.10. The maximum absolute atomic E-state index is 11.7. The van der Waals surface area contributed by atoms with Gasteiger partial charge in [0.2, 0.25) is 0 Å². The molecule has 1 aromatic carbocycles. The molecule has 0 atom stereocenters. The van der Waals surface area contributed by atoms with E-state index in [1.54, 1.807) is 18.2 Å². The predicted octanol–water partition coefficient (Wildman–Crippen LogP) is 4.15. The van der Waals surface area contributed by atoms with Crippen LogP contribution in [0.4, 0.5) is 13.2 Å². The Balaban J connectivity index is 2.42. The minimum Gasteiger partial charge on any atom is -0.490 e. The number of benzene rings is 1. The fourth-order valence-electron chi connectivity index (χ4n) is 1.05. The first-order chi connectivity index (χ1) is 7.92. The highest BCUT2D eigenvalue weighted by Gasteiger charge is 2.28. The highest BCUT2D eigenvalue weighted by atomic mass is 79.9. The largest absolute Gasteiger partial charge is 0.522 e. The van der Waals surface area contributed by atoms with Crippen molar-refractivity contribution in [1.82, 2.24) is 0 Å². The minimum atomic E-state index is -4.63. The smallest absolute Gasteiger partial charge is 0.490 e. The molecule has 0 unspecified atom stereocenters. The standard InChI is InChI=1S/C10H9BrClF3O2/c11-6-7-1-2-9(8(12)5-7)16-3-4-17-10(13,14)15/h1-2,5H,3-4,6H2. The normalized spacial score (nSPS) is 11.6. The second-order valence-electron chi connectivity index (χ2n) is 3.04. The Kier molecular flexibility index (Phi) is 5.55. The Morgan fingerprint density at radius 3 is 2.47 bits per heavy atom. The summed E-state index contributed by atoms with van der Waals surface area (Å²) in [5.41, 5.74) is 0.953. The summed E-state index contributed by atoms with van der Waals surface area (Å²) >= 11 is 9.13. The van der Waals surface area contributed by atoms with E-state index in [2.05, 4.69) is 20.7 Å². The van der Waals surface area contributed by atoms with Gasteiger partial charge >= 0.3 is 6.36 Å². The second kappa shape index (κ2) is 6.47. The van der Waals surface area contributed by atoms with Gasteiger partial charge in [-0.15, -0.1) is 13.2 Å². The molecule has 0 spiro atoms. The molecular formula is C10H9BrClF3O2. The summed E-state index contributed by atoms with van der Waals surface area (Å²) < 4.78 is 43.6. The van der Waals surface area contributed by atoms with Crippen LogP contribution in [0.3, 0.4) is 0 Å². The zero-order valence-corrected chi connectivity index (χ0v) is 10.9. The first-order valence-corrected chi connectivity index (χ1v) is 6.10. The molecule has 0 fully saturated rings. The summed E-state index contributed by atoms with van der Waals surface area (Å²) in [5, 5.41) is 0.999. The van der Waals surface area contributed by atoms with E-state index >= 15 is 0 Å². The third-order valence-corrected chi connectivity index (χ3v) is 2.70. The van der Waals surface area contributed by atoms with E-state index in [0.29, 0.717) is 16.1 Å². The summed E-state index contributed by atoms with van der Waals surface area (Å²) in [6.45, 7) is -0.785. The lowest BCUT2D eigenvalue weighted by Crippen LogP contribution is -2.18. The summed E-state index contributed by atoms with van der Waals surface area (Å²) in [4.78, 5) is 0. The molecule has 17 heavy (non-hydrogen) atoms. The maximum Gasteiger partial charge on any atom is 0.522 e. The van der Waals surface area contributed by atoms with Gasteiger partial charge in [0.15, 0.2) is 0 Å². The number of ether oxygens (including phenoxy) is 2. The predicted molar refractivity (Wildman–Crippen MR) is 61.6 cm³/mol. The molecule has 1 aromatic rings. The number of halogens is 5. The van der Waals surface area contributed by atoms with Gasteiger partial charge in [-0.3, -0.25) is 4.74 Å².